The van der Waals surface area contributed by atoms with Gasteiger partial charge < -0.3 is 15.6 Å². The quantitative estimate of drug-likeness (QED) is 0.692. The number of nitrogens with two attached hydrogens (primary N) is 1. The summed E-state index contributed by atoms with van der Waals surface area (Å²) >= 11 is 0. The van der Waals surface area contributed by atoms with Crippen molar-refractivity contribution in [3.05, 3.63) is 0 Å². The Morgan fingerprint density at radius 3 is 2.71 bits per heavy atom. The fourth-order valence-electron chi connectivity index (χ4n) is 2.76. The predicted molar refractivity (Wildman–Crippen MR) is 69.9 cm³/mol. The fourth-order valence-corrected chi connectivity index (χ4v) is 2.76. The van der Waals surface area contributed by atoms with Crippen molar-refractivity contribution in [2.75, 3.05) is 33.4 Å². The van der Waals surface area contributed by atoms with Crippen LogP contribution in [-0.2, 0) is 4.74 Å². The first-order valence-electron chi connectivity index (χ1n) is 6.67. The molecule has 4 heteroatoms. The largest absolute Gasteiger partial charge is 0.395 e. The maximum atomic E-state index is 9.53. The number of ether oxygens (including phenoxy) is 1. The Bertz CT molecular complexity index is 212. The zero-order chi connectivity index (χ0) is 12.8. The van der Waals surface area contributed by atoms with Crippen molar-refractivity contribution in [2.24, 2.45) is 17.6 Å². The fraction of sp³-hybridized carbons (Fsp3) is 1.00. The molecule has 0 saturated carbocycles. The molecule has 3 N–H and O–H groups in total. The second-order valence-electron chi connectivity index (χ2n) is 5.65. The Hall–Kier alpha value is -0.160. The third-order valence-electron chi connectivity index (χ3n) is 3.61. The molecule has 4 nitrogen and oxygen atoms in total. The summed E-state index contributed by atoms with van der Waals surface area (Å²) < 4.78 is 5.19. The minimum atomic E-state index is 0.0706. The molecule has 0 aromatic rings. The summed E-state index contributed by atoms with van der Waals surface area (Å²) in [6.45, 7) is 7.36. The summed E-state index contributed by atoms with van der Waals surface area (Å²) in [4.78, 5) is 2.33. The molecule has 17 heavy (non-hydrogen) atoms. The van der Waals surface area contributed by atoms with Gasteiger partial charge in [0.25, 0.3) is 0 Å². The van der Waals surface area contributed by atoms with Gasteiger partial charge >= 0.3 is 0 Å². The lowest BCUT2D eigenvalue weighted by Crippen LogP contribution is -2.49. The van der Waals surface area contributed by atoms with Gasteiger partial charge in [-0.05, 0) is 31.2 Å². The molecule has 0 bridgehead atoms. The molecule has 1 aliphatic heterocycles. The van der Waals surface area contributed by atoms with E-state index in [0.29, 0.717) is 11.8 Å². The maximum Gasteiger partial charge on any atom is 0.0601 e. The van der Waals surface area contributed by atoms with Gasteiger partial charge in [0.05, 0.1) is 13.2 Å². The predicted octanol–water partition coefficient (Wildman–Crippen LogP) is 0.689. The van der Waals surface area contributed by atoms with Crippen LogP contribution in [0.15, 0.2) is 0 Å². The number of methoxy groups -OCH3 is 1. The third-order valence-corrected chi connectivity index (χ3v) is 3.61. The smallest absolute Gasteiger partial charge is 0.0601 e. The monoisotopic (exact) mass is 244 g/mol. The first kappa shape index (κ1) is 14.9. The molecule has 0 aromatic carbocycles. The lowest BCUT2D eigenvalue weighted by atomic mass is 9.97. The Morgan fingerprint density at radius 1 is 1.47 bits per heavy atom. The lowest BCUT2D eigenvalue weighted by Gasteiger charge is -2.32. The van der Waals surface area contributed by atoms with Crippen molar-refractivity contribution < 1.29 is 9.84 Å². The second kappa shape index (κ2) is 7.31. The van der Waals surface area contributed by atoms with E-state index in [1.54, 1.807) is 7.11 Å². The first-order chi connectivity index (χ1) is 8.08. The summed E-state index contributed by atoms with van der Waals surface area (Å²) in [6.07, 6.45) is 2.12. The van der Waals surface area contributed by atoms with E-state index in [1.165, 1.54) is 0 Å². The first-order valence-corrected chi connectivity index (χ1v) is 6.67. The van der Waals surface area contributed by atoms with Gasteiger partial charge in [0.2, 0.25) is 0 Å². The summed E-state index contributed by atoms with van der Waals surface area (Å²) in [6, 6.07) is 0.181. The second-order valence-corrected chi connectivity index (χ2v) is 5.65. The van der Waals surface area contributed by atoms with E-state index in [1.807, 2.05) is 0 Å². The van der Waals surface area contributed by atoms with Gasteiger partial charge in [0.15, 0.2) is 0 Å². The van der Waals surface area contributed by atoms with E-state index in [9.17, 15) is 5.11 Å². The minimum absolute atomic E-state index is 0.0706. The van der Waals surface area contributed by atoms with Crippen molar-refractivity contribution in [1.29, 1.82) is 0 Å². The molecule has 1 aliphatic rings. The van der Waals surface area contributed by atoms with Crippen LogP contribution in [0.2, 0.25) is 0 Å². The van der Waals surface area contributed by atoms with Crippen LogP contribution < -0.4 is 5.73 Å². The Labute approximate surface area is 105 Å². The normalized spacial score (nSPS) is 25.4. The average molecular weight is 244 g/mol. The van der Waals surface area contributed by atoms with Crippen molar-refractivity contribution in [3.63, 3.8) is 0 Å². The van der Waals surface area contributed by atoms with Crippen LogP contribution in [-0.4, -0.2) is 55.5 Å². The average Bonchev–Trinajstić information content (AvgIpc) is 2.67. The number of nitrogens with zero attached hydrogens (tertiary/aromatic N) is 1. The van der Waals surface area contributed by atoms with Gasteiger partial charge in [-0.1, -0.05) is 13.8 Å². The van der Waals surface area contributed by atoms with E-state index in [2.05, 4.69) is 18.7 Å². The summed E-state index contributed by atoms with van der Waals surface area (Å²) in [5, 5.41) is 9.53. The van der Waals surface area contributed by atoms with Gasteiger partial charge in [0.1, 0.15) is 0 Å². The van der Waals surface area contributed by atoms with Crippen molar-refractivity contribution in [1.82, 2.24) is 4.90 Å². The van der Waals surface area contributed by atoms with Crippen LogP contribution in [0, 0.1) is 11.8 Å². The molecule has 1 saturated heterocycles. The van der Waals surface area contributed by atoms with Gasteiger partial charge in [-0.25, -0.2) is 0 Å². The number of aliphatic hydroxyl groups is 1. The standard InChI is InChI=1S/C13H28N2O2/c1-10(2)6-12(14)13(8-16)15-5-4-11(7-15)9-17-3/h10-13,16H,4-9,14H2,1-3H3. The number of likely N-dealkylation sites (tertiary alicyclic amines) is 1. The molecular formula is C13H28N2O2. The zero-order valence-corrected chi connectivity index (χ0v) is 11.4. The molecule has 0 aliphatic carbocycles. The van der Waals surface area contributed by atoms with Gasteiger partial charge in [-0.15, -0.1) is 0 Å². The van der Waals surface area contributed by atoms with Crippen LogP contribution in [0.1, 0.15) is 26.7 Å². The lowest BCUT2D eigenvalue weighted by molar-refractivity contribution is 0.104. The van der Waals surface area contributed by atoms with Crippen LogP contribution in [0.4, 0.5) is 0 Å². The molecule has 3 atom stereocenters. The maximum absolute atomic E-state index is 9.53. The Balaban J connectivity index is 2.45. The highest BCUT2D eigenvalue weighted by molar-refractivity contribution is 4.87. The molecule has 0 aromatic heterocycles. The van der Waals surface area contributed by atoms with Crippen molar-refractivity contribution in [3.8, 4) is 0 Å². The molecule has 3 unspecified atom stereocenters. The number of hydrogen-bond donors (Lipinski definition) is 2. The zero-order valence-electron chi connectivity index (χ0n) is 11.4. The Kier molecular flexibility index (Phi) is 6.41. The van der Waals surface area contributed by atoms with Gasteiger partial charge in [-0.3, -0.25) is 4.90 Å². The van der Waals surface area contributed by atoms with Crippen molar-refractivity contribution in [2.45, 2.75) is 38.8 Å². The molecule has 0 radical (unpaired) electrons. The molecule has 102 valence electrons. The molecular weight excluding hydrogens is 216 g/mol. The minimum Gasteiger partial charge on any atom is -0.395 e. The summed E-state index contributed by atoms with van der Waals surface area (Å²) in [5.74, 6) is 1.18. The van der Waals surface area contributed by atoms with Crippen LogP contribution in [0.5, 0.6) is 0 Å². The summed E-state index contributed by atoms with van der Waals surface area (Å²) in [7, 11) is 1.75. The highest BCUT2D eigenvalue weighted by Gasteiger charge is 2.31. The van der Waals surface area contributed by atoms with E-state index in [0.717, 1.165) is 32.5 Å². The van der Waals surface area contributed by atoms with Crippen molar-refractivity contribution >= 4 is 0 Å². The van der Waals surface area contributed by atoms with Gasteiger partial charge in [-0.2, -0.15) is 0 Å². The molecule has 1 heterocycles. The van der Waals surface area contributed by atoms with Crippen LogP contribution >= 0.6 is 0 Å². The van der Waals surface area contributed by atoms with E-state index in [-0.39, 0.29) is 18.7 Å². The Morgan fingerprint density at radius 2 is 2.18 bits per heavy atom. The third kappa shape index (κ3) is 4.54. The van der Waals surface area contributed by atoms with Crippen LogP contribution in [0.3, 0.4) is 0 Å². The molecule has 1 rings (SSSR count). The molecule has 0 spiro atoms. The molecule has 0 amide bonds. The van der Waals surface area contributed by atoms with E-state index >= 15 is 0 Å². The van der Waals surface area contributed by atoms with E-state index in [4.69, 9.17) is 10.5 Å². The van der Waals surface area contributed by atoms with Crippen LogP contribution in [0.25, 0.3) is 0 Å². The summed E-state index contributed by atoms with van der Waals surface area (Å²) in [5.41, 5.74) is 6.20. The number of rotatable bonds is 7. The number of hydrogen-bond acceptors (Lipinski definition) is 4. The topological polar surface area (TPSA) is 58.7 Å². The van der Waals surface area contributed by atoms with E-state index < -0.39 is 0 Å². The SMILES string of the molecule is COCC1CCN(C(CO)C(N)CC(C)C)C1. The van der Waals surface area contributed by atoms with Gasteiger partial charge in [0, 0.05) is 25.7 Å². The highest BCUT2D eigenvalue weighted by Crippen LogP contribution is 2.21. The number of aliphatic hydroxyl groups excluding tert-OH is 1. The highest BCUT2D eigenvalue weighted by atomic mass is 16.5. The molecule has 1 fully saturated rings.